The number of nitrogens with one attached hydrogen (secondary N) is 1. The fraction of sp³-hybridized carbons (Fsp3) is 0.375. The molecule has 0 bridgehead atoms. The summed E-state index contributed by atoms with van der Waals surface area (Å²) in [5.74, 6) is -0.793. The molecular formula is C24H30N4O4. The number of carboxylic acid groups (broad SMARTS) is 1. The summed E-state index contributed by atoms with van der Waals surface area (Å²) in [5, 5.41) is 12.3. The summed E-state index contributed by atoms with van der Waals surface area (Å²) in [6, 6.07) is 12.0. The van der Waals surface area contributed by atoms with Crippen LogP contribution in [-0.4, -0.2) is 40.5 Å². The maximum Gasteiger partial charge on any atom is 0.407 e. The number of hydrogen-bond acceptors (Lipinski definition) is 4. The smallest absolute Gasteiger partial charge is 0.407 e. The van der Waals surface area contributed by atoms with Crippen molar-refractivity contribution in [2.45, 2.75) is 45.6 Å². The first-order valence-corrected chi connectivity index (χ1v) is 10.6. The number of para-hydroxylation sites is 1. The minimum Gasteiger partial charge on any atom is -0.465 e. The van der Waals surface area contributed by atoms with Crippen molar-refractivity contribution in [1.29, 1.82) is 0 Å². The highest BCUT2D eigenvalue weighted by Crippen LogP contribution is 2.39. The van der Waals surface area contributed by atoms with Crippen LogP contribution in [0.3, 0.4) is 0 Å². The number of rotatable bonds is 4. The van der Waals surface area contributed by atoms with Crippen molar-refractivity contribution in [3.63, 3.8) is 0 Å². The van der Waals surface area contributed by atoms with Crippen LogP contribution in [0, 0.1) is 5.41 Å². The summed E-state index contributed by atoms with van der Waals surface area (Å²) in [6.45, 7) is 6.66. The molecule has 1 heterocycles. The fourth-order valence-corrected chi connectivity index (χ4v) is 4.31. The Morgan fingerprint density at radius 1 is 1.09 bits per heavy atom. The number of nitrogens with zero attached hydrogens (tertiary/aromatic N) is 1. The Hall–Kier alpha value is -3.55. The molecule has 1 aliphatic rings. The van der Waals surface area contributed by atoms with E-state index in [0.717, 1.165) is 18.4 Å². The van der Waals surface area contributed by atoms with Crippen LogP contribution in [0.15, 0.2) is 42.5 Å². The van der Waals surface area contributed by atoms with Gasteiger partial charge in [0.05, 0.1) is 16.9 Å². The molecule has 0 saturated carbocycles. The van der Waals surface area contributed by atoms with E-state index in [9.17, 15) is 19.5 Å². The van der Waals surface area contributed by atoms with E-state index in [1.165, 1.54) is 6.07 Å². The minimum absolute atomic E-state index is 0.0813. The molecule has 0 spiro atoms. The third kappa shape index (κ3) is 4.85. The lowest BCUT2D eigenvalue weighted by Gasteiger charge is -2.44. The molecule has 3 rings (SSSR count). The number of nitrogen functional groups attached to an aromatic ring is 1. The highest BCUT2D eigenvalue weighted by atomic mass is 16.4. The number of nitrogens with two attached hydrogens (primary N) is 2. The van der Waals surface area contributed by atoms with E-state index in [0.29, 0.717) is 17.8 Å². The Labute approximate surface area is 187 Å². The molecule has 2 aromatic rings. The maximum atomic E-state index is 12.7. The van der Waals surface area contributed by atoms with Crippen molar-refractivity contribution >= 4 is 29.3 Å². The molecule has 2 atom stereocenters. The van der Waals surface area contributed by atoms with Gasteiger partial charge in [0.25, 0.3) is 11.8 Å². The van der Waals surface area contributed by atoms with Gasteiger partial charge in [0, 0.05) is 18.2 Å². The van der Waals surface area contributed by atoms with Gasteiger partial charge < -0.3 is 26.8 Å². The van der Waals surface area contributed by atoms with Gasteiger partial charge in [-0.25, -0.2) is 4.79 Å². The third-order valence-electron chi connectivity index (χ3n) is 6.11. The van der Waals surface area contributed by atoms with Crippen molar-refractivity contribution in [2.75, 3.05) is 17.6 Å². The summed E-state index contributed by atoms with van der Waals surface area (Å²) in [4.78, 5) is 37.3. The van der Waals surface area contributed by atoms with Gasteiger partial charge in [-0.15, -0.1) is 0 Å². The van der Waals surface area contributed by atoms with E-state index in [4.69, 9.17) is 11.5 Å². The molecule has 3 amide bonds. The summed E-state index contributed by atoms with van der Waals surface area (Å²) >= 11 is 0. The Morgan fingerprint density at radius 3 is 2.31 bits per heavy atom. The molecule has 1 saturated heterocycles. The van der Waals surface area contributed by atoms with Gasteiger partial charge in [0.15, 0.2) is 0 Å². The first-order valence-electron chi connectivity index (χ1n) is 10.6. The molecule has 0 aliphatic carbocycles. The van der Waals surface area contributed by atoms with Gasteiger partial charge in [-0.05, 0) is 54.0 Å². The lowest BCUT2D eigenvalue weighted by molar-refractivity contribution is 0.0525. The Kier molecular flexibility index (Phi) is 6.43. The monoisotopic (exact) mass is 438 g/mol. The standard InChI is InChI=1S/C24H30N4O4/c1-24(2,3)19-13-16(11-12-28(19)23(31)32)14-7-9-15(10-8-14)22(30)27-18-6-4-5-17(20(18)25)21(26)29/h4-10,16,19H,11-13,25H2,1-3H3,(H2,26,29)(H,27,30)(H,31,32). The quantitative estimate of drug-likeness (QED) is 0.536. The zero-order valence-electron chi connectivity index (χ0n) is 18.6. The molecule has 1 fully saturated rings. The van der Waals surface area contributed by atoms with Crippen LogP contribution in [0.1, 0.15) is 65.8 Å². The number of primary amides is 1. The van der Waals surface area contributed by atoms with E-state index in [1.54, 1.807) is 29.2 Å². The second kappa shape index (κ2) is 8.90. The summed E-state index contributed by atoms with van der Waals surface area (Å²) in [6.07, 6.45) is 0.591. The van der Waals surface area contributed by atoms with Crippen molar-refractivity contribution in [2.24, 2.45) is 11.1 Å². The number of benzene rings is 2. The third-order valence-corrected chi connectivity index (χ3v) is 6.11. The zero-order chi connectivity index (χ0) is 23.6. The molecule has 170 valence electrons. The van der Waals surface area contributed by atoms with Crippen molar-refractivity contribution in [3.05, 3.63) is 59.2 Å². The Balaban J connectivity index is 1.74. The van der Waals surface area contributed by atoms with Crippen LogP contribution in [0.25, 0.3) is 0 Å². The minimum atomic E-state index is -0.880. The molecule has 2 unspecified atom stereocenters. The molecule has 8 nitrogen and oxygen atoms in total. The van der Waals surface area contributed by atoms with Crippen LogP contribution < -0.4 is 16.8 Å². The summed E-state index contributed by atoms with van der Waals surface area (Å²) in [5.41, 5.74) is 13.2. The van der Waals surface area contributed by atoms with Gasteiger partial charge in [0.1, 0.15) is 0 Å². The SMILES string of the molecule is CC(C)(C)C1CC(c2ccc(C(=O)Nc3cccc(C(N)=O)c3N)cc2)CCN1C(=O)O. The largest absolute Gasteiger partial charge is 0.465 e. The van der Waals surface area contributed by atoms with Crippen molar-refractivity contribution < 1.29 is 19.5 Å². The first kappa shape index (κ1) is 23.1. The molecule has 0 aromatic heterocycles. The number of carbonyl (C=O) groups is 3. The lowest BCUT2D eigenvalue weighted by Crippen LogP contribution is -2.51. The van der Waals surface area contributed by atoms with Crippen molar-refractivity contribution in [3.8, 4) is 0 Å². The second-order valence-corrected chi connectivity index (χ2v) is 9.29. The van der Waals surface area contributed by atoms with Gasteiger partial charge in [-0.3, -0.25) is 9.59 Å². The van der Waals surface area contributed by atoms with Gasteiger partial charge >= 0.3 is 6.09 Å². The zero-order valence-corrected chi connectivity index (χ0v) is 18.6. The predicted molar refractivity (Wildman–Crippen MR) is 124 cm³/mol. The van der Waals surface area contributed by atoms with Gasteiger partial charge in [-0.1, -0.05) is 39.0 Å². The number of piperidine rings is 1. The van der Waals surface area contributed by atoms with E-state index in [-0.39, 0.29) is 34.5 Å². The Bertz CT molecular complexity index is 1030. The number of anilines is 2. The van der Waals surface area contributed by atoms with E-state index in [2.05, 4.69) is 26.1 Å². The topological polar surface area (TPSA) is 139 Å². The van der Waals surface area contributed by atoms with E-state index in [1.807, 2.05) is 12.1 Å². The average Bonchev–Trinajstić information content (AvgIpc) is 2.74. The maximum absolute atomic E-state index is 12.7. The van der Waals surface area contributed by atoms with Gasteiger partial charge in [-0.2, -0.15) is 0 Å². The number of hydrogen-bond donors (Lipinski definition) is 4. The molecule has 32 heavy (non-hydrogen) atoms. The molecule has 6 N–H and O–H groups in total. The second-order valence-electron chi connectivity index (χ2n) is 9.29. The number of likely N-dealkylation sites (tertiary alicyclic amines) is 1. The van der Waals surface area contributed by atoms with Crippen LogP contribution in [0.5, 0.6) is 0 Å². The molecule has 1 aliphatic heterocycles. The lowest BCUT2D eigenvalue weighted by atomic mass is 9.75. The molecule has 8 heteroatoms. The van der Waals surface area contributed by atoms with Crippen LogP contribution >= 0.6 is 0 Å². The first-order chi connectivity index (χ1) is 15.0. The van der Waals surface area contributed by atoms with E-state index < -0.39 is 12.0 Å². The summed E-state index contributed by atoms with van der Waals surface area (Å²) < 4.78 is 0. The van der Waals surface area contributed by atoms with Crippen LogP contribution in [0.4, 0.5) is 16.2 Å². The van der Waals surface area contributed by atoms with Crippen molar-refractivity contribution in [1.82, 2.24) is 4.90 Å². The normalized spacial score (nSPS) is 18.8. The van der Waals surface area contributed by atoms with Crippen LogP contribution in [-0.2, 0) is 0 Å². The average molecular weight is 439 g/mol. The predicted octanol–water partition coefficient (Wildman–Crippen LogP) is 3.89. The highest BCUT2D eigenvalue weighted by molar-refractivity contribution is 6.08. The number of amides is 3. The van der Waals surface area contributed by atoms with E-state index >= 15 is 0 Å². The molecular weight excluding hydrogens is 408 g/mol. The van der Waals surface area contributed by atoms with Crippen LogP contribution in [0.2, 0.25) is 0 Å². The van der Waals surface area contributed by atoms with Gasteiger partial charge in [0.2, 0.25) is 0 Å². The fourth-order valence-electron chi connectivity index (χ4n) is 4.31. The molecule has 0 radical (unpaired) electrons. The molecule has 2 aromatic carbocycles. The highest BCUT2D eigenvalue weighted by Gasteiger charge is 2.39. The number of carbonyl (C=O) groups excluding carboxylic acids is 2. The Morgan fingerprint density at radius 2 is 1.75 bits per heavy atom. The summed E-state index contributed by atoms with van der Waals surface area (Å²) in [7, 11) is 0.